The van der Waals surface area contributed by atoms with Crippen LogP contribution < -0.4 is 5.32 Å². The van der Waals surface area contributed by atoms with E-state index in [0.29, 0.717) is 34.1 Å². The monoisotopic (exact) mass is 414 g/mol. The number of nitrogens with one attached hydrogen (secondary N) is 1. The number of nitrogens with zero attached hydrogens (tertiary/aromatic N) is 1. The van der Waals surface area contributed by atoms with Gasteiger partial charge in [-0.2, -0.15) is 0 Å². The molecule has 0 spiro atoms. The molecule has 1 aromatic heterocycles. The minimum absolute atomic E-state index is 0.0585. The number of thiophene rings is 1. The third kappa shape index (κ3) is 7.00. The molecule has 1 fully saturated rings. The average molecular weight is 415 g/mol. The van der Waals surface area contributed by atoms with E-state index >= 15 is 0 Å². The summed E-state index contributed by atoms with van der Waals surface area (Å²) in [6, 6.07) is 3.62. The van der Waals surface area contributed by atoms with Crippen LogP contribution in [0.15, 0.2) is 12.1 Å². The minimum atomic E-state index is -0.467. The smallest absolute Gasteiger partial charge is 0.410 e. The van der Waals surface area contributed by atoms with E-state index in [1.54, 1.807) is 17.0 Å². The van der Waals surface area contributed by atoms with E-state index in [-0.39, 0.29) is 18.0 Å². The third-order valence-corrected chi connectivity index (χ3v) is 6.00. The molecule has 2 rings (SSSR count). The van der Waals surface area contributed by atoms with E-state index in [1.807, 2.05) is 20.8 Å². The van der Waals surface area contributed by atoms with Crippen molar-refractivity contribution in [3.63, 3.8) is 0 Å². The van der Waals surface area contributed by atoms with E-state index in [1.165, 1.54) is 11.3 Å². The van der Waals surface area contributed by atoms with Crippen molar-refractivity contribution in [2.75, 3.05) is 13.1 Å². The summed E-state index contributed by atoms with van der Waals surface area (Å²) >= 11 is 7.23. The van der Waals surface area contributed by atoms with Crippen molar-refractivity contribution < 1.29 is 14.3 Å². The Morgan fingerprint density at radius 1 is 1.30 bits per heavy atom. The molecule has 27 heavy (non-hydrogen) atoms. The van der Waals surface area contributed by atoms with Crippen molar-refractivity contribution in [2.24, 2.45) is 11.8 Å². The van der Waals surface area contributed by atoms with Gasteiger partial charge < -0.3 is 15.0 Å². The second kappa shape index (κ2) is 9.28. The fourth-order valence-electron chi connectivity index (χ4n) is 3.21. The highest BCUT2D eigenvalue weighted by molar-refractivity contribution is 7.18. The van der Waals surface area contributed by atoms with Gasteiger partial charge in [-0.05, 0) is 64.0 Å². The molecule has 2 heterocycles. The number of likely N-dealkylation sites (tertiary alicyclic amines) is 1. The number of piperidine rings is 1. The minimum Gasteiger partial charge on any atom is -0.444 e. The van der Waals surface area contributed by atoms with Gasteiger partial charge in [0.1, 0.15) is 5.60 Å². The predicted molar refractivity (Wildman–Crippen MR) is 111 cm³/mol. The summed E-state index contributed by atoms with van der Waals surface area (Å²) in [6.07, 6.45) is 2.56. The van der Waals surface area contributed by atoms with Crippen molar-refractivity contribution in [3.8, 4) is 0 Å². The lowest BCUT2D eigenvalue weighted by Gasteiger charge is -2.35. The first-order valence-electron chi connectivity index (χ1n) is 9.59. The molecule has 0 radical (unpaired) electrons. The largest absolute Gasteiger partial charge is 0.444 e. The molecule has 1 aromatic rings. The topological polar surface area (TPSA) is 58.6 Å². The number of ether oxygens (including phenoxy) is 1. The maximum atomic E-state index is 12.5. The Balaban J connectivity index is 1.85. The molecule has 5 nitrogen and oxygen atoms in total. The summed E-state index contributed by atoms with van der Waals surface area (Å²) in [7, 11) is 0. The molecule has 1 aliphatic heterocycles. The second-order valence-electron chi connectivity index (χ2n) is 8.57. The Bertz CT molecular complexity index is 646. The average Bonchev–Trinajstić information content (AvgIpc) is 2.99. The first-order valence-corrected chi connectivity index (χ1v) is 10.8. The van der Waals surface area contributed by atoms with Crippen molar-refractivity contribution in [1.82, 2.24) is 10.2 Å². The van der Waals surface area contributed by atoms with Crippen molar-refractivity contribution in [3.05, 3.63) is 21.3 Å². The molecule has 1 unspecified atom stereocenters. The van der Waals surface area contributed by atoms with Crippen molar-refractivity contribution >= 4 is 34.9 Å². The lowest BCUT2D eigenvalue weighted by atomic mass is 9.86. The number of hydrogen-bond donors (Lipinski definition) is 1. The maximum Gasteiger partial charge on any atom is 0.410 e. The van der Waals surface area contributed by atoms with Crippen LogP contribution >= 0.6 is 22.9 Å². The van der Waals surface area contributed by atoms with Crippen LogP contribution in [0.25, 0.3) is 0 Å². The number of amides is 2. The SMILES string of the molecule is CC(C)C(CC1CCN(C(=O)OC(C)(C)C)CC1)NC(=O)c1ccc(Cl)s1. The van der Waals surface area contributed by atoms with E-state index in [9.17, 15) is 9.59 Å². The van der Waals surface area contributed by atoms with Crippen LogP contribution in [-0.4, -0.2) is 41.6 Å². The summed E-state index contributed by atoms with van der Waals surface area (Å²) in [4.78, 5) is 27.1. The maximum absolute atomic E-state index is 12.5. The second-order valence-corrected chi connectivity index (χ2v) is 10.3. The van der Waals surface area contributed by atoms with Crippen LogP contribution in [0.5, 0.6) is 0 Å². The summed E-state index contributed by atoms with van der Waals surface area (Å²) in [5, 5.41) is 3.17. The van der Waals surface area contributed by atoms with Gasteiger partial charge in [0.2, 0.25) is 0 Å². The van der Waals surface area contributed by atoms with E-state index in [2.05, 4.69) is 19.2 Å². The Morgan fingerprint density at radius 3 is 2.41 bits per heavy atom. The highest BCUT2D eigenvalue weighted by Gasteiger charge is 2.29. The number of halogens is 1. The molecule has 1 N–H and O–H groups in total. The molecule has 1 aliphatic rings. The Labute approximate surface area is 171 Å². The Hall–Kier alpha value is -1.27. The molecule has 0 aromatic carbocycles. The fraction of sp³-hybridized carbons (Fsp3) is 0.700. The zero-order chi connectivity index (χ0) is 20.2. The zero-order valence-electron chi connectivity index (χ0n) is 16.9. The highest BCUT2D eigenvalue weighted by atomic mass is 35.5. The van der Waals surface area contributed by atoms with Gasteiger partial charge in [-0.3, -0.25) is 4.79 Å². The standard InChI is InChI=1S/C20H31ClN2O3S/c1-13(2)15(22-18(24)16-6-7-17(21)27-16)12-14-8-10-23(11-9-14)19(25)26-20(3,4)5/h6-7,13-15H,8-12H2,1-5H3,(H,22,24). The van der Waals surface area contributed by atoms with Gasteiger partial charge in [-0.1, -0.05) is 25.4 Å². The van der Waals surface area contributed by atoms with Gasteiger partial charge in [-0.15, -0.1) is 11.3 Å². The first kappa shape index (κ1) is 22.0. The van der Waals surface area contributed by atoms with Gasteiger partial charge in [-0.25, -0.2) is 4.79 Å². The van der Waals surface area contributed by atoms with Gasteiger partial charge in [0.25, 0.3) is 5.91 Å². The molecular formula is C20H31ClN2O3S. The lowest BCUT2D eigenvalue weighted by Crippen LogP contribution is -2.44. The lowest BCUT2D eigenvalue weighted by molar-refractivity contribution is 0.0176. The summed E-state index contributed by atoms with van der Waals surface area (Å²) in [5.74, 6) is 0.772. The van der Waals surface area contributed by atoms with E-state index < -0.39 is 5.60 Å². The molecule has 0 bridgehead atoms. The molecule has 7 heteroatoms. The molecule has 1 atom stereocenters. The predicted octanol–water partition coefficient (Wildman–Crippen LogP) is 5.19. The van der Waals surface area contributed by atoms with Crippen LogP contribution in [0.2, 0.25) is 4.34 Å². The molecule has 0 aliphatic carbocycles. The number of hydrogen-bond acceptors (Lipinski definition) is 4. The molecular weight excluding hydrogens is 384 g/mol. The number of rotatable bonds is 5. The van der Waals surface area contributed by atoms with Crippen LogP contribution in [0.1, 0.15) is 63.6 Å². The molecule has 1 saturated heterocycles. The van der Waals surface area contributed by atoms with Crippen molar-refractivity contribution in [1.29, 1.82) is 0 Å². The van der Waals surface area contributed by atoms with E-state index in [0.717, 1.165) is 19.3 Å². The third-order valence-electron chi connectivity index (χ3n) is 4.77. The van der Waals surface area contributed by atoms with Gasteiger partial charge in [0.05, 0.1) is 9.21 Å². The normalized spacial score (nSPS) is 17.1. The molecule has 0 saturated carbocycles. The van der Waals surface area contributed by atoms with Crippen LogP contribution in [0, 0.1) is 11.8 Å². The van der Waals surface area contributed by atoms with Crippen molar-refractivity contribution in [2.45, 2.75) is 65.5 Å². The van der Waals surface area contributed by atoms with Crippen LogP contribution in [-0.2, 0) is 4.74 Å². The highest BCUT2D eigenvalue weighted by Crippen LogP contribution is 2.26. The molecule has 2 amide bonds. The van der Waals surface area contributed by atoms with Crippen LogP contribution in [0.4, 0.5) is 4.79 Å². The van der Waals surface area contributed by atoms with Crippen LogP contribution in [0.3, 0.4) is 0 Å². The van der Waals surface area contributed by atoms with E-state index in [4.69, 9.17) is 16.3 Å². The number of carbonyl (C=O) groups excluding carboxylic acids is 2. The van der Waals surface area contributed by atoms with Gasteiger partial charge in [0.15, 0.2) is 0 Å². The summed E-state index contributed by atoms with van der Waals surface area (Å²) < 4.78 is 6.08. The summed E-state index contributed by atoms with van der Waals surface area (Å²) in [6.45, 7) is 11.3. The van der Waals surface area contributed by atoms with Gasteiger partial charge >= 0.3 is 6.09 Å². The zero-order valence-corrected chi connectivity index (χ0v) is 18.5. The Kier molecular flexibility index (Phi) is 7.57. The number of carbonyl (C=O) groups is 2. The Morgan fingerprint density at radius 2 is 1.93 bits per heavy atom. The summed E-state index contributed by atoms with van der Waals surface area (Å²) in [5.41, 5.74) is -0.467. The van der Waals surface area contributed by atoms with Gasteiger partial charge in [0, 0.05) is 19.1 Å². The first-order chi connectivity index (χ1) is 12.5. The fourth-order valence-corrected chi connectivity index (χ4v) is 4.16. The molecule has 152 valence electrons. The quantitative estimate of drug-likeness (QED) is 0.720.